The Hall–Kier alpha value is -3.19. The molecule has 0 amide bonds. The van der Waals surface area contributed by atoms with E-state index in [2.05, 4.69) is 15.3 Å². The molecule has 130 valence electrons. The molecule has 0 saturated heterocycles. The SMILES string of the molecule is COc1ccc(OCc2nnc3sc(/C=C/c4ccccc4)nn23)cc1. The first-order chi connectivity index (χ1) is 12.8. The van der Waals surface area contributed by atoms with Crippen LogP contribution in [0.2, 0.25) is 0 Å². The summed E-state index contributed by atoms with van der Waals surface area (Å²) >= 11 is 1.48. The Morgan fingerprint density at radius 2 is 1.73 bits per heavy atom. The topological polar surface area (TPSA) is 61.5 Å². The molecule has 2 aromatic heterocycles. The van der Waals surface area contributed by atoms with Crippen LogP contribution in [-0.4, -0.2) is 26.9 Å². The quantitative estimate of drug-likeness (QED) is 0.518. The van der Waals surface area contributed by atoms with Crippen LogP contribution in [0.5, 0.6) is 11.5 Å². The van der Waals surface area contributed by atoms with E-state index in [1.807, 2.05) is 66.7 Å². The summed E-state index contributed by atoms with van der Waals surface area (Å²) in [6.07, 6.45) is 4.00. The second-order valence-corrected chi connectivity index (χ2v) is 6.45. The molecule has 0 radical (unpaired) electrons. The third-order valence-electron chi connectivity index (χ3n) is 3.72. The number of benzene rings is 2. The maximum absolute atomic E-state index is 5.76. The fraction of sp³-hybridized carbons (Fsp3) is 0.105. The van der Waals surface area contributed by atoms with E-state index in [4.69, 9.17) is 9.47 Å². The lowest BCUT2D eigenvalue weighted by Gasteiger charge is -2.05. The van der Waals surface area contributed by atoms with Crippen molar-refractivity contribution in [3.63, 3.8) is 0 Å². The highest BCUT2D eigenvalue weighted by molar-refractivity contribution is 7.17. The summed E-state index contributed by atoms with van der Waals surface area (Å²) in [5, 5.41) is 13.7. The summed E-state index contributed by atoms with van der Waals surface area (Å²) in [4.78, 5) is 0.742. The lowest BCUT2D eigenvalue weighted by Crippen LogP contribution is -2.02. The first-order valence-corrected chi connectivity index (χ1v) is 8.84. The zero-order valence-corrected chi connectivity index (χ0v) is 14.9. The molecule has 0 N–H and O–H groups in total. The molecule has 0 aliphatic carbocycles. The molecule has 7 heteroatoms. The van der Waals surface area contributed by atoms with E-state index in [1.165, 1.54) is 11.3 Å². The first-order valence-electron chi connectivity index (χ1n) is 8.03. The van der Waals surface area contributed by atoms with E-state index < -0.39 is 0 Å². The molecule has 0 aliphatic rings. The smallest absolute Gasteiger partial charge is 0.235 e. The van der Waals surface area contributed by atoms with E-state index in [0.717, 1.165) is 27.0 Å². The second kappa shape index (κ2) is 7.37. The summed E-state index contributed by atoms with van der Waals surface area (Å²) in [7, 11) is 1.63. The van der Waals surface area contributed by atoms with Crippen molar-refractivity contribution in [3.05, 3.63) is 71.0 Å². The van der Waals surface area contributed by atoms with Gasteiger partial charge in [-0.1, -0.05) is 47.7 Å². The molecule has 0 fully saturated rings. The van der Waals surface area contributed by atoms with Crippen LogP contribution in [-0.2, 0) is 6.61 Å². The van der Waals surface area contributed by atoms with Gasteiger partial charge in [0.25, 0.3) is 0 Å². The van der Waals surface area contributed by atoms with Crippen LogP contribution in [0.25, 0.3) is 17.1 Å². The predicted molar refractivity (Wildman–Crippen MR) is 101 cm³/mol. The van der Waals surface area contributed by atoms with Gasteiger partial charge in [-0.3, -0.25) is 0 Å². The number of methoxy groups -OCH3 is 1. The molecule has 0 unspecified atom stereocenters. The number of aromatic nitrogens is 4. The van der Waals surface area contributed by atoms with Crippen LogP contribution in [0.3, 0.4) is 0 Å². The minimum atomic E-state index is 0.291. The van der Waals surface area contributed by atoms with Gasteiger partial charge in [0.1, 0.15) is 23.1 Å². The summed E-state index contributed by atoms with van der Waals surface area (Å²) in [5.74, 6) is 2.19. The van der Waals surface area contributed by atoms with Crippen molar-refractivity contribution < 1.29 is 9.47 Å². The van der Waals surface area contributed by atoms with Crippen LogP contribution in [0, 0.1) is 0 Å². The minimum absolute atomic E-state index is 0.291. The second-order valence-electron chi connectivity index (χ2n) is 5.46. The van der Waals surface area contributed by atoms with Gasteiger partial charge < -0.3 is 9.47 Å². The van der Waals surface area contributed by atoms with Crippen LogP contribution in [0.4, 0.5) is 0 Å². The van der Waals surface area contributed by atoms with Crippen LogP contribution in [0.1, 0.15) is 16.4 Å². The van der Waals surface area contributed by atoms with Crippen LogP contribution >= 0.6 is 11.3 Å². The number of hydrogen-bond acceptors (Lipinski definition) is 6. The maximum atomic E-state index is 5.76. The minimum Gasteiger partial charge on any atom is -0.497 e. The Bertz CT molecular complexity index is 1020. The molecule has 0 saturated carbocycles. The summed E-state index contributed by atoms with van der Waals surface area (Å²) in [6.45, 7) is 0.291. The van der Waals surface area contributed by atoms with Crippen LogP contribution in [0.15, 0.2) is 54.6 Å². The van der Waals surface area contributed by atoms with Crippen molar-refractivity contribution >= 4 is 28.4 Å². The molecule has 2 aromatic carbocycles. The predicted octanol–water partition coefficient (Wildman–Crippen LogP) is 3.94. The summed E-state index contributed by atoms with van der Waals surface area (Å²) in [6, 6.07) is 17.5. The largest absolute Gasteiger partial charge is 0.497 e. The molecular formula is C19H16N4O2S. The van der Waals surface area contributed by atoms with Gasteiger partial charge in [-0.25, -0.2) is 0 Å². The standard InChI is InChI=1S/C19H16N4O2S/c1-24-15-8-10-16(11-9-15)25-13-17-20-21-19-23(17)22-18(26-19)12-7-14-5-3-2-4-6-14/h2-12H,13H2,1H3/b12-7+. The number of ether oxygens (including phenoxy) is 2. The van der Waals surface area contributed by atoms with Gasteiger partial charge >= 0.3 is 0 Å². The van der Waals surface area contributed by atoms with E-state index in [0.29, 0.717) is 12.4 Å². The molecule has 4 aromatic rings. The van der Waals surface area contributed by atoms with E-state index >= 15 is 0 Å². The lowest BCUT2D eigenvalue weighted by atomic mass is 10.2. The first kappa shape index (κ1) is 16.3. The third-order valence-corrected chi connectivity index (χ3v) is 4.58. The van der Waals surface area contributed by atoms with E-state index in [-0.39, 0.29) is 0 Å². The van der Waals surface area contributed by atoms with Crippen molar-refractivity contribution in [1.29, 1.82) is 0 Å². The molecule has 0 bridgehead atoms. The maximum Gasteiger partial charge on any atom is 0.235 e. The molecule has 0 atom stereocenters. The van der Waals surface area contributed by atoms with Gasteiger partial charge in [-0.2, -0.15) is 9.61 Å². The Kier molecular flexibility index (Phi) is 4.61. The van der Waals surface area contributed by atoms with Crippen LogP contribution < -0.4 is 9.47 Å². The normalized spacial score (nSPS) is 11.3. The Morgan fingerprint density at radius 1 is 0.962 bits per heavy atom. The molecule has 0 aliphatic heterocycles. The van der Waals surface area contributed by atoms with Gasteiger partial charge in [0, 0.05) is 0 Å². The number of fused-ring (bicyclic) bond motifs is 1. The van der Waals surface area contributed by atoms with Gasteiger partial charge in [-0.05, 0) is 35.9 Å². The number of nitrogens with zero attached hydrogens (tertiary/aromatic N) is 4. The highest BCUT2D eigenvalue weighted by atomic mass is 32.1. The zero-order valence-electron chi connectivity index (χ0n) is 14.1. The van der Waals surface area contributed by atoms with Crippen molar-refractivity contribution in [2.45, 2.75) is 6.61 Å². The average Bonchev–Trinajstić information content (AvgIpc) is 3.26. The monoisotopic (exact) mass is 364 g/mol. The molecule has 26 heavy (non-hydrogen) atoms. The van der Waals surface area contributed by atoms with Crippen molar-refractivity contribution in [1.82, 2.24) is 19.8 Å². The zero-order chi connectivity index (χ0) is 17.8. The Labute approximate surface area is 154 Å². The summed E-state index contributed by atoms with van der Waals surface area (Å²) < 4.78 is 12.6. The van der Waals surface area contributed by atoms with Crippen molar-refractivity contribution in [2.75, 3.05) is 7.11 Å². The number of hydrogen-bond donors (Lipinski definition) is 0. The molecule has 0 spiro atoms. The van der Waals surface area contributed by atoms with Gasteiger partial charge in [-0.15, -0.1) is 10.2 Å². The molecule has 4 rings (SSSR count). The van der Waals surface area contributed by atoms with Gasteiger partial charge in [0.05, 0.1) is 7.11 Å². The van der Waals surface area contributed by atoms with E-state index in [9.17, 15) is 0 Å². The van der Waals surface area contributed by atoms with E-state index in [1.54, 1.807) is 11.6 Å². The highest BCUT2D eigenvalue weighted by Crippen LogP contribution is 2.20. The Morgan fingerprint density at radius 3 is 2.50 bits per heavy atom. The average molecular weight is 364 g/mol. The third kappa shape index (κ3) is 3.57. The summed E-state index contributed by atoms with van der Waals surface area (Å²) in [5.41, 5.74) is 1.13. The number of rotatable bonds is 6. The fourth-order valence-corrected chi connectivity index (χ4v) is 3.14. The fourth-order valence-electron chi connectivity index (χ4n) is 2.38. The lowest BCUT2D eigenvalue weighted by molar-refractivity contribution is 0.292. The molecule has 2 heterocycles. The van der Waals surface area contributed by atoms with Crippen molar-refractivity contribution in [3.8, 4) is 11.5 Å². The highest BCUT2D eigenvalue weighted by Gasteiger charge is 2.11. The molecular weight excluding hydrogens is 348 g/mol. The molecule has 6 nitrogen and oxygen atoms in total. The van der Waals surface area contributed by atoms with Crippen molar-refractivity contribution in [2.24, 2.45) is 0 Å². The Balaban J connectivity index is 1.48. The van der Waals surface area contributed by atoms with Gasteiger partial charge in [0.2, 0.25) is 4.96 Å². The van der Waals surface area contributed by atoms with Gasteiger partial charge in [0.15, 0.2) is 5.82 Å².